The van der Waals surface area contributed by atoms with Crippen LogP contribution in [0.15, 0.2) is 5.38 Å². The van der Waals surface area contributed by atoms with Crippen molar-refractivity contribution in [2.24, 2.45) is 5.73 Å². The molecule has 0 atom stereocenters. The number of nitrogens with two attached hydrogens (primary N) is 1. The van der Waals surface area contributed by atoms with E-state index in [1.807, 2.05) is 12.3 Å². The van der Waals surface area contributed by atoms with Gasteiger partial charge in [0.25, 0.3) is 0 Å². The van der Waals surface area contributed by atoms with E-state index in [4.69, 9.17) is 5.73 Å². The fraction of sp³-hybridized carbons (Fsp3) is 0.600. The van der Waals surface area contributed by atoms with Gasteiger partial charge in [0.05, 0.1) is 10.5 Å². The first-order valence-electron chi connectivity index (χ1n) is 5.08. The van der Waals surface area contributed by atoms with E-state index < -0.39 is 5.54 Å². The minimum atomic E-state index is -0.557. The maximum Gasteiger partial charge on any atom is 0.240 e. The van der Waals surface area contributed by atoms with Crippen molar-refractivity contribution in [3.8, 4) is 0 Å². The van der Waals surface area contributed by atoms with Crippen molar-refractivity contribution in [3.05, 3.63) is 16.1 Å². The third-order valence-corrected chi connectivity index (χ3v) is 3.56. The molecule has 0 saturated heterocycles. The van der Waals surface area contributed by atoms with E-state index in [2.05, 4.69) is 10.3 Å². The van der Waals surface area contributed by atoms with E-state index >= 15 is 0 Å². The summed E-state index contributed by atoms with van der Waals surface area (Å²) in [5.41, 5.74) is 6.23. The highest BCUT2D eigenvalue weighted by Gasteiger charge is 2.45. The summed E-state index contributed by atoms with van der Waals surface area (Å²) in [5.74, 6) is -0.0178. The van der Waals surface area contributed by atoms with Gasteiger partial charge in [-0.1, -0.05) is 0 Å². The van der Waals surface area contributed by atoms with Gasteiger partial charge in [-0.25, -0.2) is 4.98 Å². The Hall–Kier alpha value is -0.940. The quantitative estimate of drug-likeness (QED) is 0.788. The van der Waals surface area contributed by atoms with Crippen molar-refractivity contribution < 1.29 is 4.79 Å². The van der Waals surface area contributed by atoms with Gasteiger partial charge in [-0.15, -0.1) is 11.3 Å². The van der Waals surface area contributed by atoms with Gasteiger partial charge in [0.15, 0.2) is 0 Å². The van der Waals surface area contributed by atoms with Gasteiger partial charge >= 0.3 is 0 Å². The van der Waals surface area contributed by atoms with E-state index in [1.165, 1.54) is 0 Å². The van der Waals surface area contributed by atoms with Crippen LogP contribution in [-0.2, 0) is 11.2 Å². The molecule has 0 aliphatic heterocycles. The normalized spacial score (nSPS) is 17.5. The summed E-state index contributed by atoms with van der Waals surface area (Å²) < 4.78 is 0. The molecule has 0 spiro atoms. The van der Waals surface area contributed by atoms with E-state index in [1.54, 1.807) is 11.3 Å². The molecule has 5 heteroatoms. The molecular weight excluding hydrogens is 210 g/mol. The average Bonchev–Trinajstić information content (AvgIpc) is 2.81. The third kappa shape index (κ3) is 2.54. The van der Waals surface area contributed by atoms with E-state index in [0.29, 0.717) is 6.54 Å². The van der Waals surface area contributed by atoms with Crippen molar-refractivity contribution in [2.45, 2.75) is 31.7 Å². The minimum Gasteiger partial charge on any atom is -0.354 e. The Morgan fingerprint density at radius 1 is 1.73 bits per heavy atom. The summed E-state index contributed by atoms with van der Waals surface area (Å²) in [6.07, 6.45) is 2.42. The van der Waals surface area contributed by atoms with E-state index in [0.717, 1.165) is 30.0 Å². The Kier molecular flexibility index (Phi) is 2.75. The lowest BCUT2D eigenvalue weighted by atomic mass is 10.2. The van der Waals surface area contributed by atoms with Gasteiger partial charge in [0.1, 0.15) is 0 Å². The van der Waals surface area contributed by atoms with Crippen molar-refractivity contribution in [2.75, 3.05) is 6.54 Å². The molecule has 0 unspecified atom stereocenters. The Morgan fingerprint density at radius 2 is 2.47 bits per heavy atom. The number of aryl methyl sites for hydroxylation is 1. The Morgan fingerprint density at radius 3 is 3.00 bits per heavy atom. The third-order valence-electron chi connectivity index (χ3n) is 2.53. The summed E-state index contributed by atoms with van der Waals surface area (Å²) in [6, 6.07) is 0. The predicted molar refractivity (Wildman–Crippen MR) is 59.7 cm³/mol. The first kappa shape index (κ1) is 10.6. The lowest BCUT2D eigenvalue weighted by Crippen LogP contribution is -2.43. The van der Waals surface area contributed by atoms with Gasteiger partial charge < -0.3 is 11.1 Å². The van der Waals surface area contributed by atoms with E-state index in [-0.39, 0.29) is 5.91 Å². The van der Waals surface area contributed by atoms with Crippen LogP contribution >= 0.6 is 11.3 Å². The molecule has 3 N–H and O–H groups in total. The highest BCUT2D eigenvalue weighted by atomic mass is 32.1. The zero-order valence-electron chi connectivity index (χ0n) is 8.75. The molecule has 1 fully saturated rings. The number of thiazole rings is 1. The highest BCUT2D eigenvalue weighted by Crippen LogP contribution is 2.31. The van der Waals surface area contributed by atoms with Crippen LogP contribution in [0.2, 0.25) is 0 Å². The summed E-state index contributed by atoms with van der Waals surface area (Å²) in [7, 11) is 0. The van der Waals surface area contributed by atoms with Gasteiger partial charge in [-0.05, 0) is 19.8 Å². The molecule has 1 aliphatic carbocycles. The average molecular weight is 225 g/mol. The summed E-state index contributed by atoms with van der Waals surface area (Å²) in [6.45, 7) is 2.60. The molecule has 1 aromatic heterocycles. The number of nitrogens with one attached hydrogen (secondary N) is 1. The number of hydrogen-bond donors (Lipinski definition) is 2. The molecule has 0 aromatic carbocycles. The van der Waals surface area contributed by atoms with Crippen LogP contribution in [0.4, 0.5) is 0 Å². The topological polar surface area (TPSA) is 68.0 Å². The van der Waals surface area contributed by atoms with Crippen LogP contribution < -0.4 is 11.1 Å². The Labute approximate surface area is 92.9 Å². The van der Waals surface area contributed by atoms with Crippen LogP contribution in [0.1, 0.15) is 23.5 Å². The molecule has 15 heavy (non-hydrogen) atoms. The second kappa shape index (κ2) is 3.90. The van der Waals surface area contributed by atoms with Gasteiger partial charge in [-0.2, -0.15) is 0 Å². The van der Waals surface area contributed by atoms with Crippen LogP contribution in [0.25, 0.3) is 0 Å². The van der Waals surface area contributed by atoms with Crippen molar-refractivity contribution in [3.63, 3.8) is 0 Å². The maximum atomic E-state index is 11.5. The molecule has 0 bridgehead atoms. The molecule has 1 aromatic rings. The SMILES string of the molecule is Cc1csc(CCNC(=O)C2(N)CC2)n1. The van der Waals surface area contributed by atoms with Crippen molar-refractivity contribution in [1.29, 1.82) is 0 Å². The Balaban J connectivity index is 1.73. The van der Waals surface area contributed by atoms with Gasteiger partial charge in [0.2, 0.25) is 5.91 Å². The number of carbonyl (C=O) groups excluding carboxylic acids is 1. The standard InChI is InChI=1S/C10H15N3OS/c1-7-6-15-8(13-7)2-5-12-9(14)10(11)3-4-10/h6H,2-5,11H2,1H3,(H,12,14). The van der Waals surface area contributed by atoms with Gasteiger partial charge in [-0.3, -0.25) is 4.79 Å². The predicted octanol–water partition coefficient (Wildman–Crippen LogP) is 0.602. The zero-order chi connectivity index (χ0) is 10.9. The van der Waals surface area contributed by atoms with E-state index in [9.17, 15) is 4.79 Å². The monoisotopic (exact) mass is 225 g/mol. The first-order chi connectivity index (χ1) is 7.10. The summed E-state index contributed by atoms with van der Waals surface area (Å²) in [5, 5.41) is 5.93. The van der Waals surface area contributed by atoms with Gasteiger partial charge in [0, 0.05) is 24.0 Å². The maximum absolute atomic E-state index is 11.5. The number of rotatable bonds is 4. The van der Waals surface area contributed by atoms with Crippen LogP contribution in [-0.4, -0.2) is 23.0 Å². The molecule has 1 heterocycles. The Bertz CT molecular complexity index is 370. The van der Waals surface area contributed by atoms with Crippen LogP contribution in [0, 0.1) is 6.92 Å². The molecule has 1 aliphatic rings. The van der Waals surface area contributed by atoms with Crippen LogP contribution in [0.3, 0.4) is 0 Å². The number of carbonyl (C=O) groups is 1. The van der Waals surface area contributed by atoms with Crippen molar-refractivity contribution in [1.82, 2.24) is 10.3 Å². The lowest BCUT2D eigenvalue weighted by molar-refractivity contribution is -0.123. The molecular formula is C10H15N3OS. The molecule has 1 saturated carbocycles. The highest BCUT2D eigenvalue weighted by molar-refractivity contribution is 7.09. The number of hydrogen-bond acceptors (Lipinski definition) is 4. The number of nitrogens with zero attached hydrogens (tertiary/aromatic N) is 1. The minimum absolute atomic E-state index is 0.0178. The number of amides is 1. The number of aromatic nitrogens is 1. The fourth-order valence-electron chi connectivity index (χ4n) is 1.34. The lowest BCUT2D eigenvalue weighted by Gasteiger charge is -2.08. The second-order valence-corrected chi connectivity index (χ2v) is 4.99. The first-order valence-corrected chi connectivity index (χ1v) is 5.96. The van der Waals surface area contributed by atoms with Crippen molar-refractivity contribution >= 4 is 17.2 Å². The smallest absolute Gasteiger partial charge is 0.240 e. The van der Waals surface area contributed by atoms with Crippen LogP contribution in [0.5, 0.6) is 0 Å². The molecule has 0 radical (unpaired) electrons. The largest absolute Gasteiger partial charge is 0.354 e. The molecule has 1 amide bonds. The summed E-state index contributed by atoms with van der Waals surface area (Å²) in [4.78, 5) is 15.8. The molecule has 4 nitrogen and oxygen atoms in total. The molecule has 82 valence electrons. The zero-order valence-corrected chi connectivity index (χ0v) is 9.56. The second-order valence-electron chi connectivity index (χ2n) is 4.04. The fourth-order valence-corrected chi connectivity index (χ4v) is 2.11. The molecule has 2 rings (SSSR count). The summed E-state index contributed by atoms with van der Waals surface area (Å²) >= 11 is 1.63.